The number of hydrogen-bond acceptors (Lipinski definition) is 1. The maximum absolute atomic E-state index is 13.6. The molecule has 0 aliphatic carbocycles. The fourth-order valence-electron chi connectivity index (χ4n) is 1.73. The molecule has 110 valence electrons. The summed E-state index contributed by atoms with van der Waals surface area (Å²) >= 11 is 30.0. The summed E-state index contributed by atoms with van der Waals surface area (Å²) in [5, 5.41) is -0.0574. The smallest absolute Gasteiger partial charge is 0.248 e. The van der Waals surface area contributed by atoms with Gasteiger partial charge >= 0.3 is 0 Å². The van der Waals surface area contributed by atoms with Crippen LogP contribution in [0, 0.1) is 5.82 Å². The van der Waals surface area contributed by atoms with Crippen LogP contribution in [0.25, 0.3) is 11.1 Å². The number of hydrogen-bond donors (Lipinski definition) is 1. The van der Waals surface area contributed by atoms with E-state index in [1.165, 1.54) is 6.07 Å². The first kappa shape index (κ1) is 16.7. The van der Waals surface area contributed by atoms with Crippen LogP contribution in [0.15, 0.2) is 18.2 Å². The van der Waals surface area contributed by atoms with Gasteiger partial charge < -0.3 is 5.73 Å². The topological polar surface area (TPSA) is 43.1 Å². The Kier molecular flexibility index (Phi) is 4.91. The molecule has 0 atom stereocenters. The first-order chi connectivity index (χ1) is 9.73. The van der Waals surface area contributed by atoms with Gasteiger partial charge in [0.2, 0.25) is 5.91 Å². The van der Waals surface area contributed by atoms with Gasteiger partial charge in [-0.25, -0.2) is 4.39 Å². The summed E-state index contributed by atoms with van der Waals surface area (Å²) in [6.07, 6.45) is 0. The maximum Gasteiger partial charge on any atom is 0.248 e. The van der Waals surface area contributed by atoms with Crippen LogP contribution in [-0.4, -0.2) is 5.91 Å². The SMILES string of the molecule is NC(=O)c1cc(F)cc(-c2c(Cl)c(Cl)c(Cl)c(Cl)c2Cl)c1. The minimum absolute atomic E-state index is 0.00270. The molecule has 0 spiro atoms. The molecule has 0 radical (unpaired) electrons. The van der Waals surface area contributed by atoms with E-state index >= 15 is 0 Å². The number of carbonyl (C=O) groups excluding carboxylic acids is 1. The molecular weight excluding hydrogens is 382 g/mol. The van der Waals surface area contributed by atoms with E-state index in [0.717, 1.165) is 12.1 Å². The van der Waals surface area contributed by atoms with E-state index < -0.39 is 11.7 Å². The second kappa shape index (κ2) is 6.19. The van der Waals surface area contributed by atoms with E-state index in [-0.39, 0.29) is 41.8 Å². The van der Waals surface area contributed by atoms with Crippen molar-refractivity contribution >= 4 is 63.9 Å². The van der Waals surface area contributed by atoms with E-state index in [1.807, 2.05) is 0 Å². The van der Waals surface area contributed by atoms with Gasteiger partial charge in [-0.15, -0.1) is 0 Å². The van der Waals surface area contributed by atoms with Crippen molar-refractivity contribution in [1.82, 2.24) is 0 Å². The summed E-state index contributed by atoms with van der Waals surface area (Å²) in [6.45, 7) is 0. The van der Waals surface area contributed by atoms with E-state index in [2.05, 4.69) is 0 Å². The number of rotatable bonds is 2. The number of amides is 1. The molecule has 2 N–H and O–H groups in total. The summed E-state index contributed by atoms with van der Waals surface area (Å²) in [5.74, 6) is -1.48. The largest absolute Gasteiger partial charge is 0.366 e. The molecule has 0 aliphatic heterocycles. The zero-order chi connectivity index (χ0) is 15.9. The van der Waals surface area contributed by atoms with Crippen LogP contribution in [0.3, 0.4) is 0 Å². The molecule has 2 rings (SSSR count). The highest BCUT2D eigenvalue weighted by atomic mass is 35.5. The molecule has 0 aliphatic rings. The highest BCUT2D eigenvalue weighted by Gasteiger charge is 2.21. The molecule has 0 aromatic heterocycles. The quantitative estimate of drug-likeness (QED) is 0.509. The Morgan fingerprint density at radius 1 is 0.857 bits per heavy atom. The Labute approximate surface area is 144 Å². The van der Waals surface area contributed by atoms with Crippen LogP contribution in [0.2, 0.25) is 25.1 Å². The van der Waals surface area contributed by atoms with Crippen LogP contribution in [-0.2, 0) is 0 Å². The molecule has 2 aromatic carbocycles. The number of halogens is 6. The Hall–Kier alpha value is -0.710. The number of primary amides is 1. The van der Waals surface area contributed by atoms with Gasteiger partial charge in [-0.05, 0) is 23.8 Å². The standard InChI is InChI=1S/C13H5Cl5FNO/c14-8-7(9(15)11(17)12(18)10(8)16)4-1-5(13(20)21)3-6(19)2-4/h1-3H,(H2,20,21). The predicted molar refractivity (Wildman–Crippen MR) is 85.4 cm³/mol. The normalized spacial score (nSPS) is 10.8. The monoisotopic (exact) mass is 385 g/mol. The fourth-order valence-corrected chi connectivity index (χ4v) is 3.09. The van der Waals surface area contributed by atoms with Crippen molar-refractivity contribution < 1.29 is 9.18 Å². The second-order valence-corrected chi connectivity index (χ2v) is 5.93. The lowest BCUT2D eigenvalue weighted by molar-refractivity contribution is 0.1000. The molecule has 2 aromatic rings. The van der Waals surface area contributed by atoms with E-state index in [0.29, 0.717) is 0 Å². The Morgan fingerprint density at radius 2 is 1.33 bits per heavy atom. The average Bonchev–Trinajstić information content (AvgIpc) is 2.42. The predicted octanol–water partition coefficient (Wildman–Crippen LogP) is 5.86. The van der Waals surface area contributed by atoms with Crippen molar-refractivity contribution in [3.05, 3.63) is 54.7 Å². The van der Waals surface area contributed by atoms with Gasteiger partial charge in [-0.1, -0.05) is 58.0 Å². The summed E-state index contributed by atoms with van der Waals surface area (Å²) in [7, 11) is 0. The van der Waals surface area contributed by atoms with Gasteiger partial charge in [0.05, 0.1) is 25.1 Å². The van der Waals surface area contributed by atoms with Crippen LogP contribution in [0.5, 0.6) is 0 Å². The van der Waals surface area contributed by atoms with Crippen molar-refractivity contribution in [3.63, 3.8) is 0 Å². The minimum atomic E-state index is -0.797. The molecule has 0 fully saturated rings. The van der Waals surface area contributed by atoms with Crippen molar-refractivity contribution in [3.8, 4) is 11.1 Å². The maximum atomic E-state index is 13.6. The van der Waals surface area contributed by atoms with Crippen molar-refractivity contribution in [2.45, 2.75) is 0 Å². The van der Waals surface area contributed by atoms with Crippen molar-refractivity contribution in [1.29, 1.82) is 0 Å². The Balaban J connectivity index is 2.82. The van der Waals surface area contributed by atoms with Crippen LogP contribution >= 0.6 is 58.0 Å². The lowest BCUT2D eigenvalue weighted by Gasteiger charge is -2.13. The van der Waals surface area contributed by atoms with Crippen LogP contribution < -0.4 is 5.73 Å². The van der Waals surface area contributed by atoms with Gasteiger partial charge in [0.15, 0.2) is 0 Å². The van der Waals surface area contributed by atoms with Gasteiger partial charge in [0.1, 0.15) is 5.82 Å². The number of nitrogens with two attached hydrogens (primary N) is 1. The lowest BCUT2D eigenvalue weighted by Crippen LogP contribution is -2.11. The van der Waals surface area contributed by atoms with Crippen LogP contribution in [0.1, 0.15) is 10.4 Å². The third-order valence-corrected chi connectivity index (χ3v) is 4.96. The molecule has 0 unspecified atom stereocenters. The number of carbonyl (C=O) groups is 1. The van der Waals surface area contributed by atoms with Crippen molar-refractivity contribution in [2.24, 2.45) is 5.73 Å². The molecule has 2 nitrogen and oxygen atoms in total. The highest BCUT2D eigenvalue weighted by Crippen LogP contribution is 2.48. The molecule has 0 bridgehead atoms. The minimum Gasteiger partial charge on any atom is -0.366 e. The van der Waals surface area contributed by atoms with Gasteiger partial charge in [-0.3, -0.25) is 4.79 Å². The fraction of sp³-hybridized carbons (Fsp3) is 0. The third kappa shape index (κ3) is 3.08. The molecule has 8 heteroatoms. The molecule has 0 heterocycles. The summed E-state index contributed by atoms with van der Waals surface area (Å²) in [5.41, 5.74) is 5.48. The first-order valence-corrected chi connectivity index (χ1v) is 7.25. The zero-order valence-electron chi connectivity index (χ0n) is 9.99. The molecule has 1 amide bonds. The zero-order valence-corrected chi connectivity index (χ0v) is 13.8. The second-order valence-electron chi connectivity index (χ2n) is 4.04. The Bertz CT molecular complexity index is 734. The van der Waals surface area contributed by atoms with E-state index in [9.17, 15) is 9.18 Å². The molecular formula is C13H5Cl5FNO. The molecule has 21 heavy (non-hydrogen) atoms. The molecule has 0 saturated carbocycles. The highest BCUT2D eigenvalue weighted by molar-refractivity contribution is 6.56. The third-order valence-electron chi connectivity index (χ3n) is 2.68. The average molecular weight is 387 g/mol. The van der Waals surface area contributed by atoms with Crippen LogP contribution in [0.4, 0.5) is 4.39 Å². The summed E-state index contributed by atoms with van der Waals surface area (Å²) in [4.78, 5) is 11.2. The van der Waals surface area contributed by atoms with Gasteiger partial charge in [-0.2, -0.15) is 0 Å². The van der Waals surface area contributed by atoms with E-state index in [4.69, 9.17) is 63.7 Å². The summed E-state index contributed by atoms with van der Waals surface area (Å²) in [6, 6.07) is 3.45. The van der Waals surface area contributed by atoms with Gasteiger partial charge in [0.25, 0.3) is 0 Å². The first-order valence-electron chi connectivity index (χ1n) is 5.36. The van der Waals surface area contributed by atoms with Gasteiger partial charge in [0, 0.05) is 11.1 Å². The van der Waals surface area contributed by atoms with Crippen molar-refractivity contribution in [2.75, 3.05) is 0 Å². The Morgan fingerprint density at radius 3 is 1.81 bits per heavy atom. The lowest BCUT2D eigenvalue weighted by atomic mass is 10.0. The van der Waals surface area contributed by atoms with E-state index in [1.54, 1.807) is 0 Å². The molecule has 0 saturated heterocycles. The number of benzene rings is 2. The summed E-state index contributed by atoms with van der Waals surface area (Å²) < 4.78 is 13.6.